The summed E-state index contributed by atoms with van der Waals surface area (Å²) < 4.78 is 14.5. The number of carboxylic acids is 1. The molecule has 0 bridgehead atoms. The van der Waals surface area contributed by atoms with Crippen molar-refractivity contribution in [1.29, 1.82) is 0 Å². The Morgan fingerprint density at radius 3 is 2.64 bits per heavy atom. The molecule has 1 heterocycles. The van der Waals surface area contributed by atoms with E-state index in [1.165, 1.54) is 48.3 Å². The Labute approximate surface area is 159 Å². The van der Waals surface area contributed by atoms with Crippen LogP contribution in [0, 0.1) is 15.9 Å². The fourth-order valence-electron chi connectivity index (χ4n) is 3.06. The monoisotopic (exact) mass is 385 g/mol. The molecule has 1 N–H and O–H groups in total. The van der Waals surface area contributed by atoms with E-state index in [-0.39, 0.29) is 35.4 Å². The summed E-state index contributed by atoms with van der Waals surface area (Å²) in [6.45, 7) is 0. The Kier molecular flexibility index (Phi) is 5.16. The minimum absolute atomic E-state index is 0.0740. The van der Waals surface area contributed by atoms with Gasteiger partial charge in [-0.05, 0) is 24.6 Å². The normalized spacial score (nSPS) is 16.2. The number of carbonyl (C=O) groups is 2. The molecule has 0 saturated carbocycles. The van der Waals surface area contributed by atoms with E-state index >= 15 is 0 Å². The third kappa shape index (κ3) is 3.59. The molecule has 28 heavy (non-hydrogen) atoms. The highest BCUT2D eigenvalue weighted by atomic mass is 19.1. The number of rotatable bonds is 5. The van der Waals surface area contributed by atoms with Crippen LogP contribution in [0.15, 0.2) is 47.5 Å². The van der Waals surface area contributed by atoms with Crippen LogP contribution in [0.4, 0.5) is 15.8 Å². The summed E-state index contributed by atoms with van der Waals surface area (Å²) in [7, 11) is 1.47. The van der Waals surface area contributed by atoms with E-state index in [4.69, 9.17) is 5.11 Å². The van der Waals surface area contributed by atoms with Crippen molar-refractivity contribution in [2.75, 3.05) is 11.9 Å². The Morgan fingerprint density at radius 2 is 2.00 bits per heavy atom. The van der Waals surface area contributed by atoms with Crippen LogP contribution in [0.5, 0.6) is 0 Å². The van der Waals surface area contributed by atoms with Gasteiger partial charge in [0, 0.05) is 36.7 Å². The SMILES string of the molecule is CN1C(=O)[C@H](CCC(=O)O)N=C(c2ccccc2F)c2cc([N+](=O)[O-])ccc21. The molecule has 3 rings (SSSR count). The van der Waals surface area contributed by atoms with E-state index in [0.29, 0.717) is 5.69 Å². The Bertz CT molecular complexity index is 1000. The molecule has 1 aliphatic heterocycles. The third-order valence-corrected chi connectivity index (χ3v) is 4.47. The van der Waals surface area contributed by atoms with Gasteiger partial charge in [0.25, 0.3) is 11.6 Å². The molecule has 9 heteroatoms. The summed E-state index contributed by atoms with van der Waals surface area (Å²) in [5.74, 6) is -2.16. The van der Waals surface area contributed by atoms with Crippen molar-refractivity contribution < 1.29 is 24.0 Å². The average molecular weight is 385 g/mol. The molecular formula is C19H16FN3O5. The quantitative estimate of drug-likeness (QED) is 0.628. The van der Waals surface area contributed by atoms with Gasteiger partial charge in [-0.25, -0.2) is 4.39 Å². The van der Waals surface area contributed by atoms with Crippen molar-refractivity contribution in [2.24, 2.45) is 4.99 Å². The second-order valence-electron chi connectivity index (χ2n) is 6.26. The number of amides is 1. The smallest absolute Gasteiger partial charge is 0.303 e. The number of likely N-dealkylation sites (N-methyl/N-ethyl adjacent to an activating group) is 1. The van der Waals surface area contributed by atoms with Crippen LogP contribution in [0.1, 0.15) is 24.0 Å². The number of hydrogen-bond donors (Lipinski definition) is 1. The Morgan fingerprint density at radius 1 is 1.29 bits per heavy atom. The highest BCUT2D eigenvalue weighted by Crippen LogP contribution is 2.32. The number of fused-ring (bicyclic) bond motifs is 1. The molecule has 0 aliphatic carbocycles. The molecule has 8 nitrogen and oxygen atoms in total. The molecule has 2 aromatic rings. The van der Waals surface area contributed by atoms with Crippen molar-refractivity contribution >= 4 is 29.0 Å². The summed E-state index contributed by atoms with van der Waals surface area (Å²) in [6.07, 6.45) is -0.374. The fraction of sp³-hybridized carbons (Fsp3) is 0.211. The zero-order valence-corrected chi connectivity index (χ0v) is 14.8. The maximum absolute atomic E-state index is 14.5. The van der Waals surface area contributed by atoms with E-state index in [0.717, 1.165) is 0 Å². The zero-order chi connectivity index (χ0) is 20.4. The lowest BCUT2D eigenvalue weighted by Gasteiger charge is -2.20. The van der Waals surface area contributed by atoms with Gasteiger partial charge in [-0.1, -0.05) is 12.1 Å². The van der Waals surface area contributed by atoms with Gasteiger partial charge in [-0.3, -0.25) is 24.7 Å². The van der Waals surface area contributed by atoms with Crippen LogP contribution in [0.25, 0.3) is 0 Å². The standard InChI is InChI=1S/C19H16FN3O5/c1-22-16-8-6-11(23(27)28)10-13(16)18(12-4-2-3-5-14(12)20)21-15(19(22)26)7-9-17(24)25/h2-6,8,10,15H,7,9H2,1H3,(H,24,25)/t15-/m0/s1. The number of carboxylic acid groups (broad SMARTS) is 1. The number of nitrogens with zero attached hydrogens (tertiary/aromatic N) is 3. The summed E-state index contributed by atoms with van der Waals surface area (Å²) in [5, 5.41) is 20.2. The largest absolute Gasteiger partial charge is 0.481 e. The number of anilines is 1. The van der Waals surface area contributed by atoms with E-state index in [1.807, 2.05) is 0 Å². The number of nitro benzene ring substituents is 1. The minimum atomic E-state index is -1.09. The number of hydrogen-bond acceptors (Lipinski definition) is 5. The number of carbonyl (C=O) groups excluding carboxylic acids is 1. The van der Waals surface area contributed by atoms with Gasteiger partial charge in [0.2, 0.25) is 0 Å². The fourth-order valence-corrected chi connectivity index (χ4v) is 3.06. The van der Waals surface area contributed by atoms with E-state index in [2.05, 4.69) is 4.99 Å². The first kappa shape index (κ1) is 19.2. The molecule has 0 spiro atoms. The van der Waals surface area contributed by atoms with Crippen molar-refractivity contribution in [2.45, 2.75) is 18.9 Å². The second-order valence-corrected chi connectivity index (χ2v) is 6.26. The van der Waals surface area contributed by atoms with Crippen LogP contribution in [-0.2, 0) is 9.59 Å². The van der Waals surface area contributed by atoms with E-state index in [1.54, 1.807) is 6.07 Å². The summed E-state index contributed by atoms with van der Waals surface area (Å²) in [4.78, 5) is 40.0. The van der Waals surface area contributed by atoms with Crippen molar-refractivity contribution in [3.8, 4) is 0 Å². The second kappa shape index (κ2) is 7.55. The van der Waals surface area contributed by atoms with Gasteiger partial charge in [-0.15, -0.1) is 0 Å². The predicted molar refractivity (Wildman–Crippen MR) is 99.2 cm³/mol. The summed E-state index contributed by atoms with van der Waals surface area (Å²) in [5.41, 5.74) is 0.480. The molecule has 0 aromatic heterocycles. The first-order valence-electron chi connectivity index (χ1n) is 8.40. The molecule has 1 atom stereocenters. The van der Waals surface area contributed by atoms with Crippen LogP contribution >= 0.6 is 0 Å². The number of benzodiazepines with no additional fused rings is 1. The van der Waals surface area contributed by atoms with Crippen molar-refractivity contribution in [1.82, 2.24) is 0 Å². The van der Waals surface area contributed by atoms with Gasteiger partial charge in [0.05, 0.1) is 16.3 Å². The molecule has 1 aliphatic rings. The molecule has 144 valence electrons. The first-order valence-corrected chi connectivity index (χ1v) is 8.40. The highest BCUT2D eigenvalue weighted by molar-refractivity contribution is 6.20. The lowest BCUT2D eigenvalue weighted by Crippen LogP contribution is -2.35. The number of aliphatic imine (C=N–C) groups is 1. The molecule has 0 saturated heterocycles. The topological polar surface area (TPSA) is 113 Å². The van der Waals surface area contributed by atoms with Crippen LogP contribution < -0.4 is 4.90 Å². The van der Waals surface area contributed by atoms with Crippen LogP contribution in [0.3, 0.4) is 0 Å². The van der Waals surface area contributed by atoms with Gasteiger partial charge >= 0.3 is 5.97 Å². The van der Waals surface area contributed by atoms with Crippen molar-refractivity contribution in [3.63, 3.8) is 0 Å². The summed E-state index contributed by atoms with van der Waals surface area (Å²) in [6, 6.07) is 8.59. The number of halogens is 1. The maximum Gasteiger partial charge on any atom is 0.303 e. The molecule has 2 aromatic carbocycles. The molecule has 0 fully saturated rings. The highest BCUT2D eigenvalue weighted by Gasteiger charge is 2.32. The van der Waals surface area contributed by atoms with Gasteiger partial charge in [0.15, 0.2) is 0 Å². The number of aliphatic carboxylic acids is 1. The van der Waals surface area contributed by atoms with E-state index in [9.17, 15) is 24.1 Å². The van der Waals surface area contributed by atoms with Gasteiger partial charge in [-0.2, -0.15) is 0 Å². The van der Waals surface area contributed by atoms with Crippen LogP contribution in [0.2, 0.25) is 0 Å². The van der Waals surface area contributed by atoms with Crippen LogP contribution in [-0.4, -0.2) is 40.7 Å². The lowest BCUT2D eigenvalue weighted by molar-refractivity contribution is -0.384. The van der Waals surface area contributed by atoms with Gasteiger partial charge < -0.3 is 10.0 Å². The Hall–Kier alpha value is -3.62. The van der Waals surface area contributed by atoms with E-state index < -0.39 is 28.7 Å². The average Bonchev–Trinajstić information content (AvgIpc) is 2.76. The third-order valence-electron chi connectivity index (χ3n) is 4.47. The molecule has 0 radical (unpaired) electrons. The number of nitro groups is 1. The summed E-state index contributed by atoms with van der Waals surface area (Å²) >= 11 is 0. The number of benzene rings is 2. The van der Waals surface area contributed by atoms with Crippen molar-refractivity contribution in [3.05, 3.63) is 69.5 Å². The molecule has 1 amide bonds. The first-order chi connectivity index (χ1) is 13.3. The lowest BCUT2D eigenvalue weighted by atomic mass is 9.99. The number of non-ortho nitro benzene ring substituents is 1. The minimum Gasteiger partial charge on any atom is -0.481 e. The predicted octanol–water partition coefficient (Wildman–Crippen LogP) is 2.78. The Balaban J connectivity index is 2.24. The molecular weight excluding hydrogens is 369 g/mol. The van der Waals surface area contributed by atoms with Gasteiger partial charge in [0.1, 0.15) is 11.9 Å². The maximum atomic E-state index is 14.5. The zero-order valence-electron chi connectivity index (χ0n) is 14.8. The molecule has 0 unspecified atom stereocenters.